The molecule has 2 unspecified atom stereocenters. The molecule has 0 aromatic heterocycles. The highest BCUT2D eigenvalue weighted by Crippen LogP contribution is 2.41. The largest absolute Gasteiger partial charge is 0.497 e. The van der Waals surface area contributed by atoms with E-state index in [1.54, 1.807) is 14.0 Å². The Kier molecular flexibility index (Phi) is 5.29. The number of fused-ring (bicyclic) bond motifs is 2. The van der Waals surface area contributed by atoms with Gasteiger partial charge in [-0.15, -0.1) is 0 Å². The van der Waals surface area contributed by atoms with E-state index in [9.17, 15) is 4.79 Å². The summed E-state index contributed by atoms with van der Waals surface area (Å²) in [6, 6.07) is 19.5. The number of rotatable bonds is 5. The van der Waals surface area contributed by atoms with Gasteiger partial charge in [0.05, 0.1) is 13.2 Å². The molecular weight excluding hydrogens is 378 g/mol. The SMILES string of the molecule is COc1ccc2c(c1)OC(C)(C)CC2NC(=O)C(C)Oc1ccc2ccccc2c1. The summed E-state index contributed by atoms with van der Waals surface area (Å²) in [7, 11) is 1.63. The van der Waals surface area contributed by atoms with Gasteiger partial charge in [0.15, 0.2) is 6.10 Å². The molecule has 156 valence electrons. The second-order valence-corrected chi connectivity index (χ2v) is 8.30. The number of hydrogen-bond acceptors (Lipinski definition) is 4. The van der Waals surface area contributed by atoms with Gasteiger partial charge >= 0.3 is 0 Å². The van der Waals surface area contributed by atoms with Crippen molar-refractivity contribution in [3.05, 3.63) is 66.2 Å². The molecule has 0 bridgehead atoms. The standard InChI is InChI=1S/C25H27NO4/c1-16(29-20-10-9-17-7-5-6-8-18(17)13-20)24(27)26-22-15-25(2,3)30-23-14-19(28-4)11-12-21(22)23/h5-14,16,22H,15H2,1-4H3,(H,26,27). The van der Waals surface area contributed by atoms with Crippen molar-refractivity contribution < 1.29 is 19.0 Å². The molecule has 0 fully saturated rings. The average Bonchev–Trinajstić information content (AvgIpc) is 2.72. The van der Waals surface area contributed by atoms with E-state index in [-0.39, 0.29) is 11.9 Å². The second-order valence-electron chi connectivity index (χ2n) is 8.30. The van der Waals surface area contributed by atoms with Crippen LogP contribution in [0.3, 0.4) is 0 Å². The van der Waals surface area contributed by atoms with Crippen molar-refractivity contribution in [2.45, 2.75) is 44.9 Å². The van der Waals surface area contributed by atoms with Crippen molar-refractivity contribution in [2.75, 3.05) is 7.11 Å². The molecule has 5 nitrogen and oxygen atoms in total. The summed E-state index contributed by atoms with van der Waals surface area (Å²) in [5, 5.41) is 5.36. The third-order valence-corrected chi connectivity index (χ3v) is 5.40. The lowest BCUT2D eigenvalue weighted by molar-refractivity contribution is -0.128. The van der Waals surface area contributed by atoms with E-state index in [4.69, 9.17) is 14.2 Å². The van der Waals surface area contributed by atoms with E-state index < -0.39 is 11.7 Å². The van der Waals surface area contributed by atoms with Gasteiger partial charge in [0.1, 0.15) is 22.8 Å². The molecule has 0 radical (unpaired) electrons. The van der Waals surface area contributed by atoms with Crippen molar-refractivity contribution in [1.29, 1.82) is 0 Å². The predicted octanol–water partition coefficient (Wildman–Crippen LogP) is 5.03. The maximum absolute atomic E-state index is 12.9. The van der Waals surface area contributed by atoms with Crippen LogP contribution in [-0.2, 0) is 4.79 Å². The van der Waals surface area contributed by atoms with Gasteiger partial charge in [-0.1, -0.05) is 30.3 Å². The lowest BCUT2D eigenvalue weighted by atomic mass is 9.89. The van der Waals surface area contributed by atoms with Gasteiger partial charge in [0.2, 0.25) is 0 Å². The topological polar surface area (TPSA) is 56.8 Å². The summed E-state index contributed by atoms with van der Waals surface area (Å²) in [4.78, 5) is 12.9. The van der Waals surface area contributed by atoms with Gasteiger partial charge in [-0.25, -0.2) is 0 Å². The number of methoxy groups -OCH3 is 1. The zero-order valence-electron chi connectivity index (χ0n) is 17.8. The first-order valence-electron chi connectivity index (χ1n) is 10.2. The van der Waals surface area contributed by atoms with Crippen LogP contribution in [0.25, 0.3) is 10.8 Å². The molecule has 4 rings (SSSR count). The van der Waals surface area contributed by atoms with Gasteiger partial charge in [0, 0.05) is 18.1 Å². The molecule has 1 heterocycles. The Morgan fingerprint density at radius 3 is 2.57 bits per heavy atom. The molecule has 30 heavy (non-hydrogen) atoms. The third kappa shape index (κ3) is 4.20. The fourth-order valence-electron chi connectivity index (χ4n) is 3.88. The van der Waals surface area contributed by atoms with Gasteiger partial charge in [-0.3, -0.25) is 4.79 Å². The monoisotopic (exact) mass is 405 g/mol. The lowest BCUT2D eigenvalue weighted by Gasteiger charge is -2.38. The highest BCUT2D eigenvalue weighted by atomic mass is 16.5. The summed E-state index contributed by atoms with van der Waals surface area (Å²) < 4.78 is 17.4. The van der Waals surface area contributed by atoms with Crippen molar-refractivity contribution in [2.24, 2.45) is 0 Å². The van der Waals surface area contributed by atoms with E-state index in [0.29, 0.717) is 12.2 Å². The summed E-state index contributed by atoms with van der Waals surface area (Å²) >= 11 is 0. The highest BCUT2D eigenvalue weighted by Gasteiger charge is 2.35. The molecule has 0 saturated carbocycles. The predicted molar refractivity (Wildman–Crippen MR) is 117 cm³/mol. The fourth-order valence-corrected chi connectivity index (χ4v) is 3.88. The van der Waals surface area contributed by atoms with E-state index in [0.717, 1.165) is 27.8 Å². The van der Waals surface area contributed by atoms with Crippen molar-refractivity contribution in [3.8, 4) is 17.2 Å². The Labute approximate surface area is 177 Å². The first-order chi connectivity index (χ1) is 14.3. The van der Waals surface area contributed by atoms with Crippen LogP contribution in [0.15, 0.2) is 60.7 Å². The van der Waals surface area contributed by atoms with Crippen molar-refractivity contribution in [3.63, 3.8) is 0 Å². The van der Waals surface area contributed by atoms with Crippen LogP contribution in [0.2, 0.25) is 0 Å². The molecule has 1 N–H and O–H groups in total. The first-order valence-corrected chi connectivity index (χ1v) is 10.2. The van der Waals surface area contributed by atoms with E-state index in [1.165, 1.54) is 0 Å². The maximum atomic E-state index is 12.9. The van der Waals surface area contributed by atoms with E-state index >= 15 is 0 Å². The van der Waals surface area contributed by atoms with Crippen LogP contribution in [0.1, 0.15) is 38.8 Å². The molecule has 0 saturated heterocycles. The molecule has 5 heteroatoms. The Bertz CT molecular complexity index is 1080. The highest BCUT2D eigenvalue weighted by molar-refractivity contribution is 5.84. The lowest BCUT2D eigenvalue weighted by Crippen LogP contribution is -2.44. The summed E-state index contributed by atoms with van der Waals surface area (Å²) in [5.41, 5.74) is 0.543. The smallest absolute Gasteiger partial charge is 0.261 e. The molecule has 3 aromatic carbocycles. The first kappa shape index (κ1) is 20.1. The Hall–Kier alpha value is -3.21. The zero-order chi connectivity index (χ0) is 21.3. The number of ether oxygens (including phenoxy) is 3. The van der Waals surface area contributed by atoms with Crippen LogP contribution in [0.4, 0.5) is 0 Å². The molecule has 1 amide bonds. The second kappa shape index (κ2) is 7.90. The van der Waals surface area contributed by atoms with Crippen molar-refractivity contribution >= 4 is 16.7 Å². The third-order valence-electron chi connectivity index (χ3n) is 5.40. The molecule has 1 aliphatic heterocycles. The number of nitrogens with one attached hydrogen (secondary N) is 1. The Morgan fingerprint density at radius 1 is 1.07 bits per heavy atom. The number of benzene rings is 3. The molecule has 0 aliphatic carbocycles. The average molecular weight is 405 g/mol. The molecule has 1 aliphatic rings. The molecular formula is C25H27NO4. The van der Waals surface area contributed by atoms with Gasteiger partial charge in [0.25, 0.3) is 5.91 Å². The van der Waals surface area contributed by atoms with Gasteiger partial charge in [-0.05, 0) is 55.8 Å². The van der Waals surface area contributed by atoms with Crippen LogP contribution in [-0.4, -0.2) is 24.7 Å². The Morgan fingerprint density at radius 2 is 1.80 bits per heavy atom. The van der Waals surface area contributed by atoms with E-state index in [2.05, 4.69) is 11.4 Å². The fraction of sp³-hybridized carbons (Fsp3) is 0.320. The summed E-state index contributed by atoms with van der Waals surface area (Å²) in [6.07, 6.45) is 0.0413. The molecule has 2 atom stereocenters. The minimum atomic E-state index is -0.626. The maximum Gasteiger partial charge on any atom is 0.261 e. The minimum Gasteiger partial charge on any atom is -0.497 e. The van der Waals surface area contributed by atoms with Crippen LogP contribution in [0.5, 0.6) is 17.2 Å². The molecule has 0 spiro atoms. The van der Waals surface area contributed by atoms with E-state index in [1.807, 2.05) is 68.4 Å². The number of amides is 1. The minimum absolute atomic E-state index is 0.160. The van der Waals surface area contributed by atoms with Crippen LogP contribution in [0, 0.1) is 0 Å². The van der Waals surface area contributed by atoms with Gasteiger partial charge < -0.3 is 19.5 Å². The normalized spacial score (nSPS) is 18.1. The summed E-state index contributed by atoms with van der Waals surface area (Å²) in [5.74, 6) is 1.98. The van der Waals surface area contributed by atoms with Crippen LogP contribution < -0.4 is 19.5 Å². The zero-order valence-corrected chi connectivity index (χ0v) is 17.8. The molecule has 3 aromatic rings. The number of carbonyl (C=O) groups is 1. The quantitative estimate of drug-likeness (QED) is 0.647. The van der Waals surface area contributed by atoms with Crippen molar-refractivity contribution in [1.82, 2.24) is 5.32 Å². The summed E-state index contributed by atoms with van der Waals surface area (Å²) in [6.45, 7) is 5.80. The number of carbonyl (C=O) groups excluding carboxylic acids is 1. The number of hydrogen-bond donors (Lipinski definition) is 1. The van der Waals surface area contributed by atoms with Crippen LogP contribution >= 0.6 is 0 Å². The Balaban J connectivity index is 1.49. The van der Waals surface area contributed by atoms with Gasteiger partial charge in [-0.2, -0.15) is 0 Å².